The molecule has 3 heterocycles. The number of nitrogens with one attached hydrogen (secondary N) is 1. The first-order chi connectivity index (χ1) is 14.4. The van der Waals surface area contributed by atoms with Gasteiger partial charge in [-0.1, -0.05) is 0 Å². The summed E-state index contributed by atoms with van der Waals surface area (Å²) in [6.45, 7) is 2.24. The number of hydrogen-bond acceptors (Lipinski definition) is 8. The summed E-state index contributed by atoms with van der Waals surface area (Å²) in [5, 5.41) is 12.0. The number of pyridine rings is 1. The second kappa shape index (κ2) is 8.23. The Labute approximate surface area is 186 Å². The molecule has 0 bridgehead atoms. The summed E-state index contributed by atoms with van der Waals surface area (Å²) in [5.74, 6) is 1.61. The molecule has 0 fully saturated rings. The van der Waals surface area contributed by atoms with Crippen LogP contribution in [0.4, 0.5) is 0 Å². The smallest absolute Gasteiger partial charge is 0.224 e. The number of methoxy groups -OCH3 is 1. The molecule has 0 unspecified atom stereocenters. The molecule has 4 rings (SSSR count). The van der Waals surface area contributed by atoms with E-state index in [9.17, 15) is 4.79 Å². The number of carbonyl (C=O) groups is 1. The maximum Gasteiger partial charge on any atom is 0.224 e. The van der Waals surface area contributed by atoms with Crippen molar-refractivity contribution >= 4 is 39.6 Å². The molecule has 0 radical (unpaired) electrons. The van der Waals surface area contributed by atoms with E-state index in [1.807, 2.05) is 13.0 Å². The van der Waals surface area contributed by atoms with E-state index in [-0.39, 0.29) is 12.3 Å². The Morgan fingerprint density at radius 3 is 2.97 bits per heavy atom. The SMILES string of the molecule is CNC(=O)Cc1cc2nn(Cc3ncc(C)c(OC)c3Br)nc3c-2c1CSN=C3N. The second-order valence-corrected chi connectivity index (χ2v) is 8.34. The average Bonchev–Trinajstić information content (AvgIpc) is 2.96. The third-order valence-electron chi connectivity index (χ3n) is 4.90. The number of nitrogens with two attached hydrogens (primary N) is 1. The summed E-state index contributed by atoms with van der Waals surface area (Å²) >= 11 is 4.91. The molecule has 0 atom stereocenters. The molecule has 0 saturated heterocycles. The van der Waals surface area contributed by atoms with Crippen LogP contribution < -0.4 is 15.8 Å². The van der Waals surface area contributed by atoms with Crippen LogP contribution in [-0.2, 0) is 23.5 Å². The molecule has 3 aliphatic rings. The number of ether oxygens (including phenoxy) is 1. The number of hydrogen-bond donors (Lipinski definition) is 2. The lowest BCUT2D eigenvalue weighted by Gasteiger charge is -2.14. The molecule has 9 nitrogen and oxygen atoms in total. The van der Waals surface area contributed by atoms with Gasteiger partial charge in [0.25, 0.3) is 0 Å². The van der Waals surface area contributed by atoms with Crippen LogP contribution in [-0.4, -0.2) is 45.9 Å². The van der Waals surface area contributed by atoms with Crippen molar-refractivity contribution in [2.24, 2.45) is 10.1 Å². The van der Waals surface area contributed by atoms with E-state index >= 15 is 0 Å². The fourth-order valence-corrected chi connectivity index (χ4v) is 4.88. The van der Waals surface area contributed by atoms with E-state index in [0.717, 1.165) is 43.9 Å². The first-order valence-electron chi connectivity index (χ1n) is 9.16. The third-order valence-corrected chi connectivity index (χ3v) is 6.46. The lowest BCUT2D eigenvalue weighted by atomic mass is 10.1. The van der Waals surface area contributed by atoms with E-state index in [1.54, 1.807) is 25.2 Å². The first kappa shape index (κ1) is 20.6. The van der Waals surface area contributed by atoms with E-state index in [4.69, 9.17) is 10.5 Å². The molecule has 2 aliphatic heterocycles. The second-order valence-electron chi connectivity index (χ2n) is 6.82. The van der Waals surface area contributed by atoms with Gasteiger partial charge in [-0.25, -0.2) is 0 Å². The van der Waals surface area contributed by atoms with Crippen LogP contribution in [0.15, 0.2) is 21.1 Å². The van der Waals surface area contributed by atoms with Crippen LogP contribution in [0.1, 0.15) is 28.1 Å². The largest absolute Gasteiger partial charge is 0.495 e. The van der Waals surface area contributed by atoms with Crippen LogP contribution in [0.3, 0.4) is 0 Å². The molecule has 1 aromatic rings. The van der Waals surface area contributed by atoms with Crippen LogP contribution in [0, 0.1) is 6.92 Å². The quantitative estimate of drug-likeness (QED) is 0.526. The van der Waals surface area contributed by atoms with E-state index in [2.05, 4.69) is 40.8 Å². The third kappa shape index (κ3) is 3.63. The van der Waals surface area contributed by atoms with Gasteiger partial charge in [-0.2, -0.15) is 19.4 Å². The predicted molar refractivity (Wildman–Crippen MR) is 119 cm³/mol. The van der Waals surface area contributed by atoms with Crippen molar-refractivity contribution in [2.75, 3.05) is 14.2 Å². The number of carbonyl (C=O) groups excluding carboxylic acids is 1. The summed E-state index contributed by atoms with van der Waals surface area (Å²) < 4.78 is 10.6. The number of aryl methyl sites for hydroxylation is 1. The van der Waals surface area contributed by atoms with Gasteiger partial charge in [0, 0.05) is 30.1 Å². The van der Waals surface area contributed by atoms with E-state index in [0.29, 0.717) is 23.8 Å². The monoisotopic (exact) mass is 489 g/mol. The van der Waals surface area contributed by atoms with Crippen LogP contribution in [0.2, 0.25) is 0 Å². The van der Waals surface area contributed by atoms with Crippen molar-refractivity contribution in [2.45, 2.75) is 25.6 Å². The minimum absolute atomic E-state index is 0.0630. The number of rotatable bonds is 5. The van der Waals surface area contributed by atoms with Crippen molar-refractivity contribution in [3.05, 3.63) is 44.8 Å². The highest BCUT2D eigenvalue weighted by atomic mass is 79.9. The number of amides is 1. The Kier molecular flexibility index (Phi) is 5.65. The summed E-state index contributed by atoms with van der Waals surface area (Å²) in [7, 11) is 3.24. The fourth-order valence-electron chi connectivity index (χ4n) is 3.43. The molecular formula is C19H20BrN7O2S. The maximum absolute atomic E-state index is 12.0. The number of likely N-dealkylation sites (N-methyl/N-ethyl adjacent to an activating group) is 1. The molecule has 156 valence electrons. The Morgan fingerprint density at radius 1 is 1.43 bits per heavy atom. The number of halogens is 1. The van der Waals surface area contributed by atoms with E-state index in [1.165, 1.54) is 11.9 Å². The molecule has 11 heteroatoms. The molecule has 30 heavy (non-hydrogen) atoms. The Hall–Kier alpha value is -2.66. The van der Waals surface area contributed by atoms with Crippen molar-refractivity contribution in [1.82, 2.24) is 25.3 Å². The van der Waals surface area contributed by atoms with Gasteiger partial charge >= 0.3 is 0 Å². The number of aromatic nitrogens is 4. The Morgan fingerprint density at radius 2 is 2.23 bits per heavy atom. The van der Waals surface area contributed by atoms with Gasteiger partial charge in [-0.05, 0) is 52.0 Å². The van der Waals surface area contributed by atoms with E-state index < -0.39 is 0 Å². The highest BCUT2D eigenvalue weighted by Gasteiger charge is 2.28. The van der Waals surface area contributed by atoms with Gasteiger partial charge < -0.3 is 15.8 Å². The van der Waals surface area contributed by atoms with Crippen LogP contribution in [0.5, 0.6) is 5.75 Å². The van der Waals surface area contributed by atoms with Crippen molar-refractivity contribution in [3.8, 4) is 17.0 Å². The minimum Gasteiger partial charge on any atom is -0.495 e. The summed E-state index contributed by atoms with van der Waals surface area (Å²) in [4.78, 5) is 18.0. The van der Waals surface area contributed by atoms with Gasteiger partial charge in [-0.15, -0.1) is 0 Å². The fraction of sp³-hybridized carbons (Fsp3) is 0.316. The van der Waals surface area contributed by atoms with Crippen molar-refractivity contribution in [1.29, 1.82) is 0 Å². The lowest BCUT2D eigenvalue weighted by Crippen LogP contribution is -2.22. The molecular weight excluding hydrogens is 470 g/mol. The normalized spacial score (nSPS) is 13.1. The highest BCUT2D eigenvalue weighted by molar-refractivity contribution is 9.10. The molecule has 1 amide bonds. The molecule has 1 aliphatic carbocycles. The molecule has 0 aromatic carbocycles. The van der Waals surface area contributed by atoms with Crippen molar-refractivity contribution < 1.29 is 9.53 Å². The molecule has 1 aromatic heterocycles. The zero-order chi connectivity index (χ0) is 21.4. The summed E-state index contributed by atoms with van der Waals surface area (Å²) in [6, 6.07) is 1.93. The highest BCUT2D eigenvalue weighted by Crippen LogP contribution is 2.38. The standard InChI is InChI=1S/C19H20BrN7O2S/c1-9-6-23-13(16(20)18(9)29-3)7-27-24-12-4-10(5-14(28)22-2)11-8-30-26-19(21)17(25-27)15(11)12/h4,6H,5,7-8H2,1-3H3,(H2,21,26)(H,22,28). The topological polar surface area (TPSA) is 120 Å². The predicted octanol–water partition coefficient (Wildman–Crippen LogP) is 2.06. The first-order valence-corrected chi connectivity index (χ1v) is 10.9. The van der Waals surface area contributed by atoms with Gasteiger partial charge in [-0.3, -0.25) is 9.78 Å². The summed E-state index contributed by atoms with van der Waals surface area (Å²) in [5.41, 5.74) is 11.9. The Bertz CT molecular complexity index is 1140. The van der Waals surface area contributed by atoms with Gasteiger partial charge in [0.1, 0.15) is 18.0 Å². The van der Waals surface area contributed by atoms with Gasteiger partial charge in [0.15, 0.2) is 5.84 Å². The Balaban J connectivity index is 1.82. The van der Waals surface area contributed by atoms with Crippen molar-refractivity contribution in [3.63, 3.8) is 0 Å². The number of amidine groups is 1. The van der Waals surface area contributed by atoms with Gasteiger partial charge in [0.05, 0.1) is 29.4 Å². The molecule has 0 spiro atoms. The number of nitrogens with zero attached hydrogens (tertiary/aromatic N) is 5. The van der Waals surface area contributed by atoms with Crippen LogP contribution in [0.25, 0.3) is 11.3 Å². The average molecular weight is 490 g/mol. The summed E-state index contributed by atoms with van der Waals surface area (Å²) in [6.07, 6.45) is 2.02. The molecule has 3 N–H and O–H groups in total. The minimum atomic E-state index is -0.0630. The molecule has 0 saturated carbocycles. The zero-order valence-electron chi connectivity index (χ0n) is 16.7. The van der Waals surface area contributed by atoms with Crippen LogP contribution >= 0.6 is 27.9 Å². The lowest BCUT2D eigenvalue weighted by molar-refractivity contribution is -0.119. The maximum atomic E-state index is 12.0. The zero-order valence-corrected chi connectivity index (χ0v) is 19.1. The van der Waals surface area contributed by atoms with Gasteiger partial charge in [0.2, 0.25) is 5.91 Å².